The molecule has 0 fully saturated rings. The van der Waals surface area contributed by atoms with Crippen LogP contribution in [0.1, 0.15) is 20.6 Å². The van der Waals surface area contributed by atoms with Crippen molar-refractivity contribution in [1.29, 1.82) is 0 Å². The largest absolute Gasteiger partial charge is 0.311 e. The summed E-state index contributed by atoms with van der Waals surface area (Å²) in [7, 11) is 0. The Morgan fingerprint density at radius 2 is 0.877 bits per heavy atom. The molecule has 1 heteroatoms. The summed E-state index contributed by atoms with van der Waals surface area (Å²) >= 11 is 0. The Bertz CT molecular complexity index is 3800. The van der Waals surface area contributed by atoms with Crippen molar-refractivity contribution in [3.8, 4) is 55.6 Å². The van der Waals surface area contributed by atoms with E-state index < -0.39 is 118 Å². The molecule has 0 aliphatic rings. The van der Waals surface area contributed by atoms with Crippen LogP contribution < -0.4 is 4.90 Å². The molecule has 0 saturated heterocycles. The van der Waals surface area contributed by atoms with Gasteiger partial charge in [0.05, 0.1) is 20.6 Å². The molecule has 57 heavy (non-hydrogen) atoms. The number of anilines is 3. The number of hydrogen-bond donors (Lipinski definition) is 0. The Balaban J connectivity index is 1.23. The van der Waals surface area contributed by atoms with Gasteiger partial charge in [-0.25, -0.2) is 0 Å². The maximum atomic E-state index is 9.63. The molecule has 0 saturated carbocycles. The highest BCUT2D eigenvalue weighted by Crippen LogP contribution is 2.42. The molecule has 10 aromatic carbocycles. The fraction of sp³-hybridized carbons (Fsp3) is 0. The highest BCUT2D eigenvalue weighted by Gasteiger charge is 2.16. The van der Waals surface area contributed by atoms with Crippen LogP contribution in [0.2, 0.25) is 0 Å². The standard InChI is InChI=1S/C56H39N/c1-3-12-40(13-4-1)48-19-11-20-49(38-48)42-24-31-51(32-25-42)57(52-33-26-43(27-34-52)50-23-22-41-14-7-8-18-47(41)39-50)53-35-28-46(29-36-53)56-54-21-10-9-17-45(54)30-37-55(56)44-15-5-2-6-16-44/h1-39H/i7D,8D,14D,18D,22D,23D,24D,25D,26D,27D,31D,32D,33D,34D,39D. The Hall–Kier alpha value is -7.48. The third-order valence-electron chi connectivity index (χ3n) is 9.86. The first-order valence-electron chi connectivity index (χ1n) is 25.9. The SMILES string of the molecule is [2H]c1c([2H])c(N(c2ccc(-c3c(-c4ccccc4)ccc4ccccc34)cc2)c2c([2H])c([2H])c(-c3c([2H])c([2H])c4c([2H])c([2H])c([2H])c([2H])c4c3[2H])c([2H])c2[2H])c([2H])c([2H])c1-c1cccc(-c2ccccc2)c1. The van der Waals surface area contributed by atoms with Gasteiger partial charge in [-0.05, 0) is 126 Å². The molecular formula is C56H39N. The van der Waals surface area contributed by atoms with Crippen molar-refractivity contribution in [1.82, 2.24) is 0 Å². The number of fused-ring (bicyclic) bond motifs is 2. The van der Waals surface area contributed by atoms with Crippen LogP contribution in [0.25, 0.3) is 77.2 Å². The number of rotatable bonds is 8. The zero-order valence-electron chi connectivity index (χ0n) is 45.3. The van der Waals surface area contributed by atoms with Crippen LogP contribution in [-0.4, -0.2) is 0 Å². The topological polar surface area (TPSA) is 3.24 Å². The number of hydrogen-bond acceptors (Lipinski definition) is 1. The van der Waals surface area contributed by atoms with Crippen LogP contribution >= 0.6 is 0 Å². The molecule has 10 aromatic rings. The van der Waals surface area contributed by atoms with E-state index in [0.717, 1.165) is 49.1 Å². The quantitative estimate of drug-likeness (QED) is 0.150. The van der Waals surface area contributed by atoms with Gasteiger partial charge >= 0.3 is 0 Å². The van der Waals surface area contributed by atoms with Crippen molar-refractivity contribution in [2.45, 2.75) is 0 Å². The second-order valence-electron chi connectivity index (χ2n) is 13.4. The van der Waals surface area contributed by atoms with Crippen LogP contribution in [0, 0.1) is 0 Å². The Labute approximate surface area is 355 Å². The molecule has 0 spiro atoms. The van der Waals surface area contributed by atoms with E-state index in [1.165, 1.54) is 0 Å². The van der Waals surface area contributed by atoms with Crippen LogP contribution in [-0.2, 0) is 0 Å². The lowest BCUT2D eigenvalue weighted by Crippen LogP contribution is -2.09. The number of benzene rings is 10. The normalized spacial score (nSPS) is 14.8. The average molecular weight is 741 g/mol. The van der Waals surface area contributed by atoms with E-state index in [4.69, 9.17) is 8.22 Å². The average Bonchev–Trinajstić information content (AvgIpc) is 3.40. The molecule has 10 rings (SSSR count). The predicted molar refractivity (Wildman–Crippen MR) is 243 cm³/mol. The summed E-state index contributed by atoms with van der Waals surface area (Å²) in [5.41, 5.74) is 3.71. The molecule has 0 heterocycles. The third kappa shape index (κ3) is 6.77. The van der Waals surface area contributed by atoms with Gasteiger partial charge < -0.3 is 4.90 Å². The first-order valence-corrected chi connectivity index (χ1v) is 18.4. The van der Waals surface area contributed by atoms with Crippen molar-refractivity contribution < 1.29 is 20.6 Å². The zero-order chi connectivity index (χ0) is 51.0. The van der Waals surface area contributed by atoms with E-state index >= 15 is 0 Å². The van der Waals surface area contributed by atoms with E-state index in [9.17, 15) is 12.3 Å². The van der Waals surface area contributed by atoms with E-state index in [2.05, 4.69) is 0 Å². The first kappa shape index (κ1) is 21.6. The van der Waals surface area contributed by atoms with E-state index in [-0.39, 0.29) is 16.9 Å². The predicted octanol–water partition coefficient (Wildman–Crippen LogP) is 15.8. The van der Waals surface area contributed by atoms with Gasteiger partial charge in [0, 0.05) is 17.1 Å². The lowest BCUT2D eigenvalue weighted by atomic mass is 9.89. The maximum Gasteiger partial charge on any atom is 0.0645 e. The second kappa shape index (κ2) is 15.0. The lowest BCUT2D eigenvalue weighted by Gasteiger charge is -2.26. The second-order valence-corrected chi connectivity index (χ2v) is 13.4. The Morgan fingerprint density at radius 3 is 1.58 bits per heavy atom. The summed E-state index contributed by atoms with van der Waals surface area (Å²) < 4.78 is 137. The van der Waals surface area contributed by atoms with Crippen LogP contribution in [0.3, 0.4) is 0 Å². The summed E-state index contributed by atoms with van der Waals surface area (Å²) in [5.74, 6) is 0. The molecule has 0 unspecified atom stereocenters. The summed E-state index contributed by atoms with van der Waals surface area (Å²) in [6.07, 6.45) is 0. The molecule has 0 bridgehead atoms. The molecule has 0 amide bonds. The zero-order valence-corrected chi connectivity index (χ0v) is 30.3. The third-order valence-corrected chi connectivity index (χ3v) is 9.86. The molecule has 1 nitrogen and oxygen atoms in total. The highest BCUT2D eigenvalue weighted by molar-refractivity contribution is 6.04. The molecule has 0 aliphatic carbocycles. The molecule has 268 valence electrons. The molecule has 0 N–H and O–H groups in total. The minimum Gasteiger partial charge on any atom is -0.311 e. The number of nitrogens with zero attached hydrogens (tertiary/aromatic N) is 1. The van der Waals surface area contributed by atoms with Gasteiger partial charge in [-0.2, -0.15) is 0 Å². The van der Waals surface area contributed by atoms with Crippen LogP contribution in [0.15, 0.2) is 236 Å². The Kier molecular flexibility index (Phi) is 5.67. The first-order chi connectivity index (χ1) is 34.5. The summed E-state index contributed by atoms with van der Waals surface area (Å²) in [4.78, 5) is 1.16. The van der Waals surface area contributed by atoms with Gasteiger partial charge in [0.2, 0.25) is 0 Å². The molecule has 0 radical (unpaired) electrons. The van der Waals surface area contributed by atoms with Gasteiger partial charge in [-0.15, -0.1) is 0 Å². The van der Waals surface area contributed by atoms with Crippen molar-refractivity contribution in [3.05, 3.63) is 236 Å². The van der Waals surface area contributed by atoms with Gasteiger partial charge in [0.15, 0.2) is 0 Å². The van der Waals surface area contributed by atoms with Gasteiger partial charge in [0.1, 0.15) is 0 Å². The highest BCUT2D eigenvalue weighted by atomic mass is 15.1. The summed E-state index contributed by atoms with van der Waals surface area (Å²) in [6, 6.07) is 35.4. The van der Waals surface area contributed by atoms with Crippen molar-refractivity contribution in [2.24, 2.45) is 0 Å². The minimum atomic E-state index is -0.790. The van der Waals surface area contributed by atoms with Crippen LogP contribution in [0.5, 0.6) is 0 Å². The van der Waals surface area contributed by atoms with E-state index in [1.54, 1.807) is 42.5 Å². The lowest BCUT2D eigenvalue weighted by molar-refractivity contribution is 1.28. The molecule has 0 aliphatic heterocycles. The Morgan fingerprint density at radius 1 is 0.316 bits per heavy atom. The smallest absolute Gasteiger partial charge is 0.0645 e. The fourth-order valence-corrected chi connectivity index (χ4v) is 7.08. The van der Waals surface area contributed by atoms with Crippen molar-refractivity contribution in [3.63, 3.8) is 0 Å². The maximum absolute atomic E-state index is 9.63. The monoisotopic (exact) mass is 740 g/mol. The fourth-order valence-electron chi connectivity index (χ4n) is 7.08. The van der Waals surface area contributed by atoms with E-state index in [1.807, 2.05) is 103 Å². The minimum absolute atomic E-state index is 0.00689. The van der Waals surface area contributed by atoms with Gasteiger partial charge in [-0.1, -0.05) is 188 Å². The molecular weight excluding hydrogens is 687 g/mol. The van der Waals surface area contributed by atoms with Gasteiger partial charge in [0.25, 0.3) is 0 Å². The molecule has 0 atom stereocenters. The van der Waals surface area contributed by atoms with Crippen molar-refractivity contribution >= 4 is 38.6 Å². The van der Waals surface area contributed by atoms with Gasteiger partial charge in [-0.3, -0.25) is 0 Å². The molecule has 0 aromatic heterocycles. The summed E-state index contributed by atoms with van der Waals surface area (Å²) in [5, 5.41) is 1.10. The van der Waals surface area contributed by atoms with Crippen molar-refractivity contribution in [2.75, 3.05) is 4.90 Å². The summed E-state index contributed by atoms with van der Waals surface area (Å²) in [6.45, 7) is 0. The van der Waals surface area contributed by atoms with E-state index in [0.29, 0.717) is 5.56 Å². The van der Waals surface area contributed by atoms with Crippen LogP contribution in [0.4, 0.5) is 17.1 Å².